The summed E-state index contributed by atoms with van der Waals surface area (Å²) in [5.74, 6) is -2.50. The van der Waals surface area contributed by atoms with E-state index in [1.54, 1.807) is 52.0 Å². The summed E-state index contributed by atoms with van der Waals surface area (Å²) in [4.78, 5) is 65.5. The summed E-state index contributed by atoms with van der Waals surface area (Å²) in [6.45, 7) is 7.78. The molecule has 20 nitrogen and oxygen atoms in total. The average Bonchev–Trinajstić information content (AvgIpc) is 3.88. The number of aliphatic hydroxyl groups excluding tert-OH is 3. The maximum absolute atomic E-state index is 14.6. The van der Waals surface area contributed by atoms with Gasteiger partial charge in [0.25, 0.3) is 11.8 Å². The van der Waals surface area contributed by atoms with Gasteiger partial charge in [0.15, 0.2) is 23.2 Å². The molecule has 5 aromatic rings. The Morgan fingerprint density at radius 1 is 0.967 bits per heavy atom. The summed E-state index contributed by atoms with van der Waals surface area (Å²) in [5, 5.41) is 44.4. The molecule has 21 heteroatoms. The van der Waals surface area contributed by atoms with E-state index in [1.165, 1.54) is 32.2 Å². The van der Waals surface area contributed by atoms with Gasteiger partial charge >= 0.3 is 6.08 Å². The maximum Gasteiger partial charge on any atom is 0.312 e. The van der Waals surface area contributed by atoms with E-state index in [1.807, 2.05) is 0 Å². The van der Waals surface area contributed by atoms with E-state index in [9.17, 15) is 38.9 Å². The zero-order chi connectivity index (χ0) is 43.4. The molecule has 1 aliphatic heterocycles. The first-order valence-corrected chi connectivity index (χ1v) is 18.7. The second-order valence-corrected chi connectivity index (χ2v) is 14.3. The van der Waals surface area contributed by atoms with Crippen LogP contribution in [0.25, 0.3) is 11.2 Å². The molecule has 2 aromatic carbocycles. The van der Waals surface area contributed by atoms with Crippen LogP contribution >= 0.6 is 0 Å². The van der Waals surface area contributed by atoms with Crippen molar-refractivity contribution in [3.63, 3.8) is 0 Å². The number of imidazole rings is 1. The van der Waals surface area contributed by atoms with Gasteiger partial charge in [-0.1, -0.05) is 31.1 Å². The molecule has 6 rings (SSSR count). The van der Waals surface area contributed by atoms with Gasteiger partial charge in [0, 0.05) is 17.3 Å². The van der Waals surface area contributed by atoms with Gasteiger partial charge in [-0.25, -0.2) is 4.98 Å². The van der Waals surface area contributed by atoms with Crippen LogP contribution in [-0.2, 0) is 20.9 Å². The molecule has 0 unspecified atom stereocenters. The summed E-state index contributed by atoms with van der Waals surface area (Å²) < 4.78 is 37.8. The topological polar surface area (TPSA) is 274 Å². The van der Waals surface area contributed by atoms with Crippen LogP contribution in [0.1, 0.15) is 64.7 Å². The van der Waals surface area contributed by atoms with Crippen molar-refractivity contribution in [2.45, 2.75) is 77.8 Å². The van der Waals surface area contributed by atoms with Crippen molar-refractivity contribution in [2.24, 2.45) is 5.92 Å². The number of ether oxygens (including phenoxy) is 3. The fourth-order valence-corrected chi connectivity index (χ4v) is 6.38. The van der Waals surface area contributed by atoms with Crippen molar-refractivity contribution in [3.8, 4) is 11.5 Å². The zero-order valence-electron chi connectivity index (χ0n) is 33.3. The molecule has 7 N–H and O–H groups in total. The maximum atomic E-state index is 14.6. The highest BCUT2D eigenvalue weighted by Gasteiger charge is 2.44. The first-order chi connectivity index (χ1) is 28.6. The number of amides is 4. The molecule has 0 aliphatic carbocycles. The highest BCUT2D eigenvalue weighted by Crippen LogP contribution is 2.32. The third-order valence-corrected chi connectivity index (χ3v) is 9.76. The average molecular weight is 834 g/mol. The number of aryl methyl sites for hydroxylation is 2. The van der Waals surface area contributed by atoms with Crippen LogP contribution in [0.15, 0.2) is 53.3 Å². The lowest BCUT2D eigenvalue weighted by atomic mass is 10.0. The number of aromatic nitrogens is 5. The Hall–Kier alpha value is -6.55. The normalized spacial score (nSPS) is 18.5. The third kappa shape index (κ3) is 9.18. The van der Waals surface area contributed by atoms with Crippen LogP contribution in [-0.4, -0.2) is 108 Å². The fraction of sp³-hybridized carbons (Fsp3) is 0.385. The Labute approximate surface area is 341 Å². The lowest BCUT2D eigenvalue weighted by molar-refractivity contribution is -0.128. The summed E-state index contributed by atoms with van der Waals surface area (Å²) >= 11 is 0. The van der Waals surface area contributed by atoms with Crippen LogP contribution in [0.2, 0.25) is 0 Å². The van der Waals surface area contributed by atoms with E-state index >= 15 is 0 Å². The monoisotopic (exact) mass is 833 g/mol. The lowest BCUT2D eigenvalue weighted by Gasteiger charge is -2.24. The molecule has 1 aliphatic rings. The Bertz CT molecular complexity index is 2380. The van der Waals surface area contributed by atoms with Crippen LogP contribution in [0, 0.1) is 25.8 Å². The van der Waals surface area contributed by atoms with Gasteiger partial charge < -0.3 is 55.3 Å². The van der Waals surface area contributed by atoms with Gasteiger partial charge in [-0.2, -0.15) is 14.4 Å². The first-order valence-electron chi connectivity index (χ1n) is 18.7. The number of benzene rings is 2. The molecular weight excluding hydrogens is 789 g/mol. The fourth-order valence-electron chi connectivity index (χ4n) is 6.38. The number of methoxy groups -OCH3 is 1. The Balaban J connectivity index is 1.12. The first kappa shape index (κ1) is 43.0. The van der Waals surface area contributed by atoms with Gasteiger partial charge in [-0.15, -0.1) is 0 Å². The van der Waals surface area contributed by atoms with Crippen molar-refractivity contribution in [1.29, 1.82) is 0 Å². The SMILES string of the molecule is COc1cc(NC(=O)c2ccccc2OCc2c(C)noc2C)cc(C(=O)N[C@H](C(=O)N[C@@H](C)C(=O)Nc2nc(F)nc3c2ncn3[C@@H]2O[C@H](CO)[C@@H](O)[C@@H]2O)C(C)C)c1. The van der Waals surface area contributed by atoms with Gasteiger partial charge in [0.1, 0.15) is 54.3 Å². The molecule has 6 atom stereocenters. The highest BCUT2D eigenvalue weighted by molar-refractivity contribution is 6.07. The van der Waals surface area contributed by atoms with Crippen molar-refractivity contribution in [3.05, 3.63) is 83.0 Å². The standard InChI is InChI=1S/C39H44FN9O11/c1-17(2)28(37(56)42-19(4)34(53)45-32-29-33(47-39(40)46-32)49(16-41-29)38-31(52)30(51)27(14-50)59-38)44-35(54)21-11-22(13-23(12-21)57-6)43-36(55)24-9-7-8-10-26(24)58-15-25-18(3)48-60-20(25)5/h7-13,16-17,19,27-28,30-31,38,50-52H,14-15H2,1-6H3,(H,42,56)(H,43,55)(H,44,54)(H,45,46,47,53)/t19-,27+,28-,30+,31-,38+/m0/s1. The third-order valence-electron chi connectivity index (χ3n) is 9.76. The van der Waals surface area contributed by atoms with Crippen LogP contribution in [0.5, 0.6) is 11.5 Å². The molecule has 318 valence electrons. The van der Waals surface area contributed by atoms with Gasteiger partial charge in [0.05, 0.1) is 36.9 Å². The minimum atomic E-state index is -1.52. The summed E-state index contributed by atoms with van der Waals surface area (Å²) in [6, 6.07) is 8.56. The summed E-state index contributed by atoms with van der Waals surface area (Å²) in [6.07, 6.45) is -5.53. The quantitative estimate of drug-likeness (QED) is 0.0743. The molecule has 4 heterocycles. The lowest BCUT2D eigenvalue weighted by Crippen LogP contribution is -2.53. The van der Waals surface area contributed by atoms with Crippen molar-refractivity contribution in [1.82, 2.24) is 35.3 Å². The van der Waals surface area contributed by atoms with Crippen LogP contribution in [0.3, 0.4) is 0 Å². The van der Waals surface area contributed by atoms with E-state index in [2.05, 4.69) is 41.4 Å². The number of hydrogen-bond acceptors (Lipinski definition) is 15. The number of rotatable bonds is 15. The zero-order valence-corrected chi connectivity index (χ0v) is 33.3. The molecule has 60 heavy (non-hydrogen) atoms. The minimum Gasteiger partial charge on any atom is -0.497 e. The number of anilines is 2. The van der Waals surface area contributed by atoms with Crippen molar-refractivity contribution in [2.75, 3.05) is 24.4 Å². The Kier molecular flexibility index (Phi) is 13.0. The van der Waals surface area contributed by atoms with E-state index in [0.717, 1.165) is 16.5 Å². The number of hydrogen-bond donors (Lipinski definition) is 7. The molecular formula is C39H44FN9O11. The molecule has 1 fully saturated rings. The van der Waals surface area contributed by atoms with Gasteiger partial charge in [-0.05, 0) is 51.0 Å². The number of nitrogens with zero attached hydrogens (tertiary/aromatic N) is 5. The van der Waals surface area contributed by atoms with E-state index in [0.29, 0.717) is 17.2 Å². The Morgan fingerprint density at radius 3 is 2.38 bits per heavy atom. The van der Waals surface area contributed by atoms with E-state index in [4.69, 9.17) is 18.7 Å². The molecule has 0 bridgehead atoms. The molecule has 3 aromatic heterocycles. The number of fused-ring (bicyclic) bond motifs is 1. The Morgan fingerprint density at radius 2 is 1.72 bits per heavy atom. The smallest absolute Gasteiger partial charge is 0.312 e. The summed E-state index contributed by atoms with van der Waals surface area (Å²) in [7, 11) is 1.39. The molecule has 0 radical (unpaired) electrons. The van der Waals surface area contributed by atoms with Gasteiger partial charge in [-0.3, -0.25) is 23.7 Å². The number of nitrogens with one attached hydrogen (secondary N) is 4. The molecule has 4 amide bonds. The summed E-state index contributed by atoms with van der Waals surface area (Å²) in [5.41, 5.74) is 1.58. The van der Waals surface area contributed by atoms with Crippen molar-refractivity contribution >= 4 is 46.3 Å². The number of carbonyl (C=O) groups excluding carboxylic acids is 4. The predicted molar refractivity (Wildman–Crippen MR) is 208 cm³/mol. The van der Waals surface area contributed by atoms with E-state index in [-0.39, 0.29) is 46.2 Å². The minimum absolute atomic E-state index is 0.0444. The van der Waals surface area contributed by atoms with Gasteiger partial charge in [0.2, 0.25) is 11.8 Å². The van der Waals surface area contributed by atoms with Crippen LogP contribution < -0.4 is 30.7 Å². The van der Waals surface area contributed by atoms with Crippen LogP contribution in [0.4, 0.5) is 15.9 Å². The van der Waals surface area contributed by atoms with Crippen molar-refractivity contribution < 1.29 is 57.6 Å². The highest BCUT2D eigenvalue weighted by atomic mass is 19.1. The number of halogens is 1. The van der Waals surface area contributed by atoms with E-state index < -0.39 is 78.9 Å². The number of aliphatic hydroxyl groups is 3. The number of carbonyl (C=O) groups is 4. The second kappa shape index (κ2) is 18.2. The number of para-hydroxylation sites is 1. The molecule has 1 saturated heterocycles. The largest absolute Gasteiger partial charge is 0.497 e. The second-order valence-electron chi connectivity index (χ2n) is 14.3. The molecule has 0 spiro atoms. The predicted octanol–water partition coefficient (Wildman–Crippen LogP) is 1.92. The molecule has 0 saturated carbocycles.